The molecule has 9 heteroatoms. The molecule has 2 aromatic carbocycles. The molecular weight excluding hydrogens is 534 g/mol. The second-order valence-electron chi connectivity index (χ2n) is 11.6. The zero-order chi connectivity index (χ0) is 28.6. The summed E-state index contributed by atoms with van der Waals surface area (Å²) >= 11 is 7.18. The van der Waals surface area contributed by atoms with Gasteiger partial charge in [0.15, 0.2) is 0 Å². The van der Waals surface area contributed by atoms with Crippen LogP contribution >= 0.6 is 11.6 Å². The van der Waals surface area contributed by atoms with E-state index < -0.39 is 0 Å². The van der Waals surface area contributed by atoms with Crippen LogP contribution in [0.15, 0.2) is 42.6 Å². The quantitative estimate of drug-likeness (QED) is 0.301. The fourth-order valence-electron chi connectivity index (χ4n) is 6.34. The largest absolute Gasteiger partial charge is 0.463 e. The maximum Gasteiger partial charge on any atom is 0.319 e. The highest BCUT2D eigenvalue weighted by molar-refractivity contribution is 6.38. The Morgan fingerprint density at radius 3 is 2.80 bits per heavy atom. The molecule has 2 aromatic heterocycles. The van der Waals surface area contributed by atoms with E-state index in [-0.39, 0.29) is 11.6 Å². The minimum atomic E-state index is 0.0577. The molecule has 2 aliphatic heterocycles. The summed E-state index contributed by atoms with van der Waals surface area (Å²) in [5.41, 5.74) is 3.57. The first-order valence-corrected chi connectivity index (χ1v) is 14.8. The number of aromatic nitrogens is 3. The van der Waals surface area contributed by atoms with Gasteiger partial charge < -0.3 is 19.9 Å². The lowest BCUT2D eigenvalue weighted by Crippen LogP contribution is -2.51. The molecular formula is C32H36ClN7O. The van der Waals surface area contributed by atoms with Crippen molar-refractivity contribution in [2.45, 2.75) is 51.1 Å². The number of benzene rings is 2. The fourth-order valence-corrected chi connectivity index (χ4v) is 6.64. The van der Waals surface area contributed by atoms with E-state index >= 15 is 0 Å². The minimum absolute atomic E-state index is 0.0577. The molecule has 4 aromatic rings. The molecule has 2 atom stereocenters. The zero-order valence-corrected chi connectivity index (χ0v) is 24.7. The fraction of sp³-hybridized carbons (Fsp3) is 0.438. The normalized spacial score (nSPS) is 21.4. The SMILES string of the molecule is Cc1cccc2cccc(-c3ncc4c(N5CCN[C@@H](CC#N)C5)nc(OCCC5(C)CCCN5C)nc4c3Cl)c12. The smallest absolute Gasteiger partial charge is 0.319 e. The van der Waals surface area contributed by atoms with E-state index in [0.717, 1.165) is 65.6 Å². The van der Waals surface area contributed by atoms with Crippen molar-refractivity contribution < 1.29 is 4.74 Å². The average molecular weight is 570 g/mol. The molecule has 0 radical (unpaired) electrons. The summed E-state index contributed by atoms with van der Waals surface area (Å²) in [6, 6.07) is 15.2. The van der Waals surface area contributed by atoms with E-state index in [1.807, 2.05) is 12.3 Å². The summed E-state index contributed by atoms with van der Waals surface area (Å²) in [6.45, 7) is 8.20. The number of fused-ring (bicyclic) bond motifs is 2. The minimum Gasteiger partial charge on any atom is -0.463 e. The van der Waals surface area contributed by atoms with Crippen LogP contribution in [0, 0.1) is 18.3 Å². The van der Waals surface area contributed by atoms with Crippen molar-refractivity contribution in [1.29, 1.82) is 5.26 Å². The molecule has 4 heterocycles. The van der Waals surface area contributed by atoms with Crippen LogP contribution in [0.2, 0.25) is 5.02 Å². The van der Waals surface area contributed by atoms with Gasteiger partial charge in [-0.3, -0.25) is 4.98 Å². The van der Waals surface area contributed by atoms with Crippen molar-refractivity contribution >= 4 is 39.1 Å². The first kappa shape index (κ1) is 27.6. The van der Waals surface area contributed by atoms with Crippen LogP contribution in [0.1, 0.15) is 38.2 Å². The molecule has 0 spiro atoms. The molecule has 1 N–H and O–H groups in total. The highest BCUT2D eigenvalue weighted by Gasteiger charge is 2.33. The van der Waals surface area contributed by atoms with Gasteiger partial charge in [0.05, 0.1) is 35.2 Å². The van der Waals surface area contributed by atoms with Crippen LogP contribution in [-0.4, -0.2) is 71.3 Å². The van der Waals surface area contributed by atoms with Crippen LogP contribution in [0.3, 0.4) is 0 Å². The Bertz CT molecular complexity index is 1630. The summed E-state index contributed by atoms with van der Waals surface area (Å²) in [5, 5.41) is 16.3. The van der Waals surface area contributed by atoms with E-state index in [4.69, 9.17) is 31.3 Å². The molecule has 212 valence electrons. The molecule has 0 aliphatic carbocycles. The molecule has 41 heavy (non-hydrogen) atoms. The number of piperazine rings is 1. The maximum atomic E-state index is 9.30. The number of pyridine rings is 1. The van der Waals surface area contributed by atoms with Gasteiger partial charge in [0.25, 0.3) is 0 Å². The Labute approximate surface area is 246 Å². The van der Waals surface area contributed by atoms with E-state index in [2.05, 4.69) is 72.4 Å². The van der Waals surface area contributed by atoms with E-state index in [9.17, 15) is 5.26 Å². The Balaban J connectivity index is 1.43. The molecule has 2 saturated heterocycles. The van der Waals surface area contributed by atoms with E-state index in [1.54, 1.807) is 0 Å². The summed E-state index contributed by atoms with van der Waals surface area (Å²) < 4.78 is 6.26. The van der Waals surface area contributed by atoms with Gasteiger partial charge in [0.2, 0.25) is 0 Å². The number of nitriles is 1. The average Bonchev–Trinajstić information content (AvgIpc) is 3.31. The number of hydrogen-bond acceptors (Lipinski definition) is 8. The van der Waals surface area contributed by atoms with Crippen LogP contribution in [0.25, 0.3) is 32.9 Å². The first-order valence-electron chi connectivity index (χ1n) is 14.4. The Kier molecular flexibility index (Phi) is 7.69. The lowest BCUT2D eigenvalue weighted by atomic mass is 9.95. The Morgan fingerprint density at radius 1 is 1.20 bits per heavy atom. The van der Waals surface area contributed by atoms with Gasteiger partial charge in [0, 0.05) is 43.0 Å². The first-order chi connectivity index (χ1) is 19.9. The summed E-state index contributed by atoms with van der Waals surface area (Å²) in [5.74, 6) is 0.744. The van der Waals surface area contributed by atoms with Crippen LogP contribution < -0.4 is 15.0 Å². The third-order valence-electron chi connectivity index (χ3n) is 8.91. The predicted molar refractivity (Wildman–Crippen MR) is 165 cm³/mol. The summed E-state index contributed by atoms with van der Waals surface area (Å²) in [7, 11) is 2.18. The molecule has 2 fully saturated rings. The summed E-state index contributed by atoms with van der Waals surface area (Å²) in [4.78, 5) is 19.3. The van der Waals surface area contributed by atoms with Gasteiger partial charge in [-0.25, -0.2) is 0 Å². The number of nitrogens with zero attached hydrogens (tertiary/aromatic N) is 6. The van der Waals surface area contributed by atoms with Gasteiger partial charge in [-0.2, -0.15) is 15.2 Å². The van der Waals surface area contributed by atoms with Crippen molar-refractivity contribution in [3.63, 3.8) is 0 Å². The van der Waals surface area contributed by atoms with Crippen molar-refractivity contribution in [1.82, 2.24) is 25.2 Å². The van der Waals surface area contributed by atoms with Gasteiger partial charge in [-0.05, 0) is 63.0 Å². The van der Waals surface area contributed by atoms with Crippen molar-refractivity contribution in [2.75, 3.05) is 44.7 Å². The Morgan fingerprint density at radius 2 is 2.02 bits per heavy atom. The van der Waals surface area contributed by atoms with Crippen LogP contribution in [0.5, 0.6) is 6.01 Å². The van der Waals surface area contributed by atoms with E-state index in [1.165, 1.54) is 6.42 Å². The number of halogens is 1. The zero-order valence-electron chi connectivity index (χ0n) is 24.0. The van der Waals surface area contributed by atoms with Gasteiger partial charge in [-0.15, -0.1) is 0 Å². The lowest BCUT2D eigenvalue weighted by Gasteiger charge is -2.34. The molecule has 6 rings (SSSR count). The van der Waals surface area contributed by atoms with Crippen LogP contribution in [0.4, 0.5) is 5.82 Å². The second kappa shape index (κ2) is 11.4. The van der Waals surface area contributed by atoms with Gasteiger partial charge in [-0.1, -0.05) is 48.0 Å². The van der Waals surface area contributed by atoms with Gasteiger partial charge in [0.1, 0.15) is 11.3 Å². The standard InChI is InChI=1S/C32H36ClN7O/c1-21-7-4-8-22-9-5-10-24(26(21)22)28-27(33)29-25(19-36-28)30(40-17-15-35-23(20-40)11-14-34)38-31(37-29)41-18-13-32(2)12-6-16-39(32)3/h4-5,7-10,19,23,35H,6,11-13,15-18,20H2,1-3H3/t23-,32?/m0/s1. The molecule has 0 amide bonds. The topological polar surface area (TPSA) is 90.2 Å². The summed E-state index contributed by atoms with van der Waals surface area (Å²) in [6.07, 6.45) is 5.52. The number of nitrogens with one attached hydrogen (secondary N) is 1. The highest BCUT2D eigenvalue weighted by atomic mass is 35.5. The number of hydrogen-bond donors (Lipinski definition) is 1. The number of ether oxygens (including phenoxy) is 1. The van der Waals surface area contributed by atoms with Crippen molar-refractivity contribution in [2.24, 2.45) is 0 Å². The Hall–Kier alpha value is -3.51. The number of rotatable bonds is 7. The monoisotopic (exact) mass is 569 g/mol. The van der Waals surface area contributed by atoms with Crippen LogP contribution in [-0.2, 0) is 0 Å². The molecule has 8 nitrogen and oxygen atoms in total. The molecule has 0 bridgehead atoms. The van der Waals surface area contributed by atoms with Crippen molar-refractivity contribution in [3.05, 3.63) is 53.2 Å². The molecule has 2 aliphatic rings. The lowest BCUT2D eigenvalue weighted by molar-refractivity contribution is 0.146. The number of anilines is 1. The van der Waals surface area contributed by atoms with E-state index in [0.29, 0.717) is 41.8 Å². The maximum absolute atomic E-state index is 9.30. The third kappa shape index (κ3) is 5.30. The van der Waals surface area contributed by atoms with Crippen molar-refractivity contribution in [3.8, 4) is 23.3 Å². The highest BCUT2D eigenvalue weighted by Crippen LogP contribution is 2.39. The second-order valence-corrected chi connectivity index (χ2v) is 11.9. The van der Waals surface area contributed by atoms with Gasteiger partial charge >= 0.3 is 6.01 Å². The number of aryl methyl sites for hydroxylation is 1. The predicted octanol–water partition coefficient (Wildman–Crippen LogP) is 5.75. The third-order valence-corrected chi connectivity index (χ3v) is 9.26. The molecule has 0 saturated carbocycles. The molecule has 1 unspecified atom stereocenters. The number of likely N-dealkylation sites (tertiary alicyclic amines) is 1.